The third-order valence-corrected chi connectivity index (χ3v) is 3.92. The standard InChI is InChI=1S/C13H13Cl2NS/c1-9(16-7-10-4-5-17-8-10)12-3-2-11(14)6-13(12)15/h2-6,8-9,16H,7H2,1H3. The lowest BCUT2D eigenvalue weighted by molar-refractivity contribution is 0.575. The minimum absolute atomic E-state index is 0.208. The number of benzene rings is 1. The van der Waals surface area contributed by atoms with E-state index in [2.05, 4.69) is 29.1 Å². The van der Waals surface area contributed by atoms with Crippen LogP contribution in [0.1, 0.15) is 24.1 Å². The van der Waals surface area contributed by atoms with Crippen molar-refractivity contribution < 1.29 is 0 Å². The lowest BCUT2D eigenvalue weighted by Crippen LogP contribution is -2.18. The van der Waals surface area contributed by atoms with Gasteiger partial charge in [0.15, 0.2) is 0 Å². The number of rotatable bonds is 4. The number of hydrogen-bond acceptors (Lipinski definition) is 2. The lowest BCUT2D eigenvalue weighted by Gasteiger charge is -2.15. The molecule has 17 heavy (non-hydrogen) atoms. The highest BCUT2D eigenvalue weighted by atomic mass is 35.5. The van der Waals surface area contributed by atoms with Gasteiger partial charge in [-0.25, -0.2) is 0 Å². The molecule has 2 aromatic rings. The summed E-state index contributed by atoms with van der Waals surface area (Å²) in [6.45, 7) is 2.95. The van der Waals surface area contributed by atoms with Crippen LogP contribution in [0.3, 0.4) is 0 Å². The van der Waals surface area contributed by atoms with E-state index in [-0.39, 0.29) is 6.04 Å². The predicted molar refractivity (Wildman–Crippen MR) is 76.0 cm³/mol. The van der Waals surface area contributed by atoms with Crippen LogP contribution in [-0.4, -0.2) is 0 Å². The number of hydrogen-bond donors (Lipinski definition) is 1. The molecular weight excluding hydrogens is 273 g/mol. The Morgan fingerprint density at radius 2 is 2.12 bits per heavy atom. The van der Waals surface area contributed by atoms with Gasteiger partial charge in [-0.3, -0.25) is 0 Å². The van der Waals surface area contributed by atoms with Crippen molar-refractivity contribution in [2.45, 2.75) is 19.5 Å². The molecular formula is C13H13Cl2NS. The molecule has 0 radical (unpaired) electrons. The fourth-order valence-electron chi connectivity index (χ4n) is 1.63. The molecule has 1 N–H and O–H groups in total. The summed E-state index contributed by atoms with van der Waals surface area (Å²) in [4.78, 5) is 0. The Morgan fingerprint density at radius 3 is 2.76 bits per heavy atom. The van der Waals surface area contributed by atoms with E-state index >= 15 is 0 Å². The average Bonchev–Trinajstić information content (AvgIpc) is 2.78. The first-order chi connectivity index (χ1) is 8.16. The van der Waals surface area contributed by atoms with Gasteiger partial charge in [0.25, 0.3) is 0 Å². The van der Waals surface area contributed by atoms with E-state index in [0.717, 1.165) is 12.1 Å². The molecule has 0 saturated heterocycles. The monoisotopic (exact) mass is 285 g/mol. The summed E-state index contributed by atoms with van der Waals surface area (Å²) in [5.41, 5.74) is 2.37. The van der Waals surface area contributed by atoms with Crippen molar-refractivity contribution >= 4 is 34.5 Å². The molecule has 0 fully saturated rings. The van der Waals surface area contributed by atoms with Crippen molar-refractivity contribution in [1.29, 1.82) is 0 Å². The zero-order chi connectivity index (χ0) is 12.3. The number of nitrogens with one attached hydrogen (secondary N) is 1. The van der Waals surface area contributed by atoms with Crippen molar-refractivity contribution in [3.63, 3.8) is 0 Å². The molecule has 2 rings (SSSR count). The minimum Gasteiger partial charge on any atom is -0.306 e. The predicted octanol–water partition coefficient (Wildman–Crippen LogP) is 4.91. The van der Waals surface area contributed by atoms with E-state index in [1.165, 1.54) is 5.56 Å². The largest absolute Gasteiger partial charge is 0.306 e. The molecule has 4 heteroatoms. The first-order valence-corrected chi connectivity index (χ1v) is 7.06. The SMILES string of the molecule is CC(NCc1ccsc1)c1ccc(Cl)cc1Cl. The molecule has 1 aromatic carbocycles. The van der Waals surface area contributed by atoms with Crippen molar-refractivity contribution in [3.8, 4) is 0 Å². The zero-order valence-corrected chi connectivity index (χ0v) is 11.7. The van der Waals surface area contributed by atoms with Gasteiger partial charge in [0.2, 0.25) is 0 Å². The number of halogens is 2. The fraction of sp³-hybridized carbons (Fsp3) is 0.231. The van der Waals surface area contributed by atoms with Crippen LogP contribution < -0.4 is 5.32 Å². The summed E-state index contributed by atoms with van der Waals surface area (Å²) in [6.07, 6.45) is 0. The molecule has 0 spiro atoms. The molecule has 0 amide bonds. The molecule has 1 atom stereocenters. The third-order valence-electron chi connectivity index (χ3n) is 2.62. The lowest BCUT2D eigenvalue weighted by atomic mass is 10.1. The molecule has 1 nitrogen and oxygen atoms in total. The van der Waals surface area contributed by atoms with E-state index in [4.69, 9.17) is 23.2 Å². The maximum absolute atomic E-state index is 6.16. The van der Waals surface area contributed by atoms with Crippen LogP contribution in [0.15, 0.2) is 35.0 Å². The van der Waals surface area contributed by atoms with Gasteiger partial charge < -0.3 is 5.32 Å². The van der Waals surface area contributed by atoms with E-state index in [0.29, 0.717) is 10.0 Å². The molecule has 0 saturated carbocycles. The fourth-order valence-corrected chi connectivity index (χ4v) is 2.87. The Morgan fingerprint density at radius 1 is 1.29 bits per heavy atom. The van der Waals surface area contributed by atoms with Gasteiger partial charge in [-0.05, 0) is 47.0 Å². The minimum atomic E-state index is 0.208. The van der Waals surface area contributed by atoms with Crippen LogP contribution in [-0.2, 0) is 6.54 Å². The highest BCUT2D eigenvalue weighted by Crippen LogP contribution is 2.26. The highest BCUT2D eigenvalue weighted by molar-refractivity contribution is 7.07. The Balaban J connectivity index is 2.01. The normalized spacial score (nSPS) is 12.6. The van der Waals surface area contributed by atoms with Crippen LogP contribution in [0.25, 0.3) is 0 Å². The molecule has 0 aliphatic rings. The van der Waals surface area contributed by atoms with Gasteiger partial charge in [0.05, 0.1) is 0 Å². The van der Waals surface area contributed by atoms with Gasteiger partial charge >= 0.3 is 0 Å². The van der Waals surface area contributed by atoms with Crippen LogP contribution in [0.2, 0.25) is 10.0 Å². The summed E-state index contributed by atoms with van der Waals surface area (Å²) >= 11 is 13.7. The summed E-state index contributed by atoms with van der Waals surface area (Å²) < 4.78 is 0. The quantitative estimate of drug-likeness (QED) is 0.842. The first kappa shape index (κ1) is 12.9. The first-order valence-electron chi connectivity index (χ1n) is 5.36. The molecule has 0 aliphatic carbocycles. The molecule has 1 heterocycles. The van der Waals surface area contributed by atoms with E-state index < -0.39 is 0 Å². The van der Waals surface area contributed by atoms with E-state index in [1.54, 1.807) is 17.4 Å². The van der Waals surface area contributed by atoms with E-state index in [9.17, 15) is 0 Å². The average molecular weight is 286 g/mol. The Bertz CT molecular complexity index is 482. The molecule has 90 valence electrons. The third kappa shape index (κ3) is 3.46. The maximum Gasteiger partial charge on any atom is 0.0468 e. The van der Waals surface area contributed by atoms with Gasteiger partial charge in [0, 0.05) is 22.6 Å². The van der Waals surface area contributed by atoms with Crippen molar-refractivity contribution in [3.05, 3.63) is 56.2 Å². The van der Waals surface area contributed by atoms with Gasteiger partial charge in [0.1, 0.15) is 0 Å². The second-order valence-electron chi connectivity index (χ2n) is 3.90. The van der Waals surface area contributed by atoms with Crippen LogP contribution >= 0.6 is 34.5 Å². The van der Waals surface area contributed by atoms with Gasteiger partial charge in [-0.15, -0.1) is 0 Å². The molecule has 1 aromatic heterocycles. The second kappa shape index (κ2) is 5.87. The van der Waals surface area contributed by atoms with E-state index in [1.807, 2.05) is 12.1 Å². The van der Waals surface area contributed by atoms with Gasteiger partial charge in [-0.2, -0.15) is 11.3 Å². The maximum atomic E-state index is 6.16. The van der Waals surface area contributed by atoms with Crippen LogP contribution in [0.4, 0.5) is 0 Å². The Kier molecular flexibility index (Phi) is 4.46. The Hall–Kier alpha value is -0.540. The zero-order valence-electron chi connectivity index (χ0n) is 9.41. The van der Waals surface area contributed by atoms with Crippen LogP contribution in [0, 0.1) is 0 Å². The highest BCUT2D eigenvalue weighted by Gasteiger charge is 2.09. The number of thiophene rings is 1. The summed E-state index contributed by atoms with van der Waals surface area (Å²) in [6, 6.07) is 7.94. The summed E-state index contributed by atoms with van der Waals surface area (Å²) in [5.74, 6) is 0. The topological polar surface area (TPSA) is 12.0 Å². The summed E-state index contributed by atoms with van der Waals surface area (Å²) in [5, 5.41) is 9.04. The van der Waals surface area contributed by atoms with Crippen molar-refractivity contribution in [2.75, 3.05) is 0 Å². The Labute approximate surface area is 115 Å². The second-order valence-corrected chi connectivity index (χ2v) is 5.52. The summed E-state index contributed by atoms with van der Waals surface area (Å²) in [7, 11) is 0. The molecule has 0 bridgehead atoms. The van der Waals surface area contributed by atoms with Crippen molar-refractivity contribution in [1.82, 2.24) is 5.32 Å². The van der Waals surface area contributed by atoms with Crippen LogP contribution in [0.5, 0.6) is 0 Å². The smallest absolute Gasteiger partial charge is 0.0468 e. The van der Waals surface area contributed by atoms with Crippen molar-refractivity contribution in [2.24, 2.45) is 0 Å². The molecule has 1 unspecified atom stereocenters. The van der Waals surface area contributed by atoms with Gasteiger partial charge in [-0.1, -0.05) is 29.3 Å². The molecule has 0 aliphatic heterocycles.